The molecule has 2 rings (SSSR count). The highest BCUT2D eigenvalue weighted by Gasteiger charge is 2.29. The molecular weight excluding hydrogens is 320 g/mol. The van der Waals surface area contributed by atoms with E-state index in [0.717, 1.165) is 6.42 Å². The normalized spacial score (nSPS) is 15.6. The number of carbonyl (C=O) groups is 2. The Morgan fingerprint density at radius 3 is 2.12 bits per heavy atom. The van der Waals surface area contributed by atoms with Crippen LogP contribution in [0.25, 0.3) is 0 Å². The molecule has 1 unspecified atom stereocenters. The van der Waals surface area contributed by atoms with Gasteiger partial charge < -0.3 is 19.3 Å². The zero-order valence-corrected chi connectivity index (χ0v) is 15.4. The molecule has 0 N–H and O–H groups in total. The molecule has 1 aliphatic rings. The number of benzene rings is 1. The lowest BCUT2D eigenvalue weighted by molar-refractivity contribution is -0.140. The molecule has 1 aromatic rings. The number of piperazine rings is 1. The summed E-state index contributed by atoms with van der Waals surface area (Å²) in [6, 6.07) is 7.86. The van der Waals surface area contributed by atoms with Crippen LogP contribution in [0.3, 0.4) is 0 Å². The maximum absolute atomic E-state index is 12.7. The summed E-state index contributed by atoms with van der Waals surface area (Å²) in [6.45, 7) is 8.19. The highest BCUT2D eigenvalue weighted by Crippen LogP contribution is 2.17. The van der Waals surface area contributed by atoms with E-state index in [4.69, 9.17) is 9.47 Å². The van der Waals surface area contributed by atoms with E-state index in [9.17, 15) is 9.59 Å². The summed E-state index contributed by atoms with van der Waals surface area (Å²) in [5.41, 5.74) is 1.24. The summed E-state index contributed by atoms with van der Waals surface area (Å²) >= 11 is 0. The predicted molar refractivity (Wildman–Crippen MR) is 95.7 cm³/mol. The molecule has 0 spiro atoms. The lowest BCUT2D eigenvalue weighted by Crippen LogP contribution is -2.53. The Labute approximate surface area is 149 Å². The van der Waals surface area contributed by atoms with Crippen molar-refractivity contribution >= 4 is 12.0 Å². The van der Waals surface area contributed by atoms with E-state index in [1.165, 1.54) is 5.56 Å². The van der Waals surface area contributed by atoms with Gasteiger partial charge in [-0.05, 0) is 37.5 Å². The van der Waals surface area contributed by atoms with Crippen molar-refractivity contribution in [1.82, 2.24) is 9.80 Å². The number of rotatable bonds is 6. The van der Waals surface area contributed by atoms with E-state index in [0.29, 0.717) is 45.0 Å². The van der Waals surface area contributed by atoms with Crippen molar-refractivity contribution in [3.8, 4) is 5.75 Å². The lowest BCUT2D eigenvalue weighted by atomic mass is 10.1. The molecule has 6 heteroatoms. The van der Waals surface area contributed by atoms with Crippen LogP contribution in [-0.2, 0) is 16.0 Å². The van der Waals surface area contributed by atoms with Crippen LogP contribution in [0.4, 0.5) is 4.79 Å². The molecule has 0 aliphatic carbocycles. The third kappa shape index (κ3) is 5.11. The van der Waals surface area contributed by atoms with Gasteiger partial charge in [0.05, 0.1) is 6.61 Å². The Bertz CT molecular complexity index is 565. The number of nitrogens with zero attached hydrogens (tertiary/aromatic N) is 2. The molecule has 6 nitrogen and oxygen atoms in total. The van der Waals surface area contributed by atoms with Gasteiger partial charge in [0.15, 0.2) is 6.10 Å². The van der Waals surface area contributed by atoms with Gasteiger partial charge in [-0.15, -0.1) is 0 Å². The number of carbonyl (C=O) groups excluding carboxylic acids is 2. The summed E-state index contributed by atoms with van der Waals surface area (Å²) in [5.74, 6) is 0.688. The number of amides is 2. The Morgan fingerprint density at radius 1 is 1.00 bits per heavy atom. The third-order valence-corrected chi connectivity index (χ3v) is 4.37. The predicted octanol–water partition coefficient (Wildman–Crippen LogP) is 2.71. The zero-order chi connectivity index (χ0) is 18.2. The zero-order valence-electron chi connectivity index (χ0n) is 15.4. The van der Waals surface area contributed by atoms with E-state index in [-0.39, 0.29) is 12.0 Å². The quantitative estimate of drug-likeness (QED) is 0.793. The molecule has 2 amide bonds. The minimum Gasteiger partial charge on any atom is -0.481 e. The molecule has 1 heterocycles. The van der Waals surface area contributed by atoms with Crippen molar-refractivity contribution in [2.45, 2.75) is 39.7 Å². The molecule has 1 aromatic carbocycles. The number of hydrogen-bond donors (Lipinski definition) is 0. The second-order valence-electron chi connectivity index (χ2n) is 6.02. The highest BCUT2D eigenvalue weighted by molar-refractivity contribution is 5.81. The fourth-order valence-corrected chi connectivity index (χ4v) is 2.80. The second-order valence-corrected chi connectivity index (χ2v) is 6.02. The molecule has 0 aromatic heterocycles. The molecule has 1 saturated heterocycles. The van der Waals surface area contributed by atoms with Crippen molar-refractivity contribution < 1.29 is 19.1 Å². The second kappa shape index (κ2) is 9.30. The van der Waals surface area contributed by atoms with Gasteiger partial charge in [0, 0.05) is 26.2 Å². The SMILES string of the molecule is CCOC(=O)N1CCN(C(=O)C(CC)Oc2ccc(CC)cc2)CC1. The van der Waals surface area contributed by atoms with E-state index in [1.807, 2.05) is 31.2 Å². The summed E-state index contributed by atoms with van der Waals surface area (Å²) < 4.78 is 10.9. The van der Waals surface area contributed by atoms with Crippen LogP contribution in [0.15, 0.2) is 24.3 Å². The minimum atomic E-state index is -0.499. The molecule has 0 bridgehead atoms. The molecule has 0 radical (unpaired) electrons. The molecule has 0 saturated carbocycles. The summed E-state index contributed by atoms with van der Waals surface area (Å²) in [7, 11) is 0. The van der Waals surface area contributed by atoms with Gasteiger partial charge in [-0.25, -0.2) is 4.79 Å². The van der Waals surface area contributed by atoms with Gasteiger partial charge in [0.1, 0.15) is 5.75 Å². The molecule has 25 heavy (non-hydrogen) atoms. The van der Waals surface area contributed by atoms with Crippen LogP contribution >= 0.6 is 0 Å². The fraction of sp³-hybridized carbons (Fsp3) is 0.579. The first kappa shape index (κ1) is 19.1. The fourth-order valence-electron chi connectivity index (χ4n) is 2.80. The van der Waals surface area contributed by atoms with Gasteiger partial charge in [-0.2, -0.15) is 0 Å². The number of hydrogen-bond acceptors (Lipinski definition) is 4. The molecular formula is C19H28N2O4. The average molecular weight is 348 g/mol. The molecule has 1 atom stereocenters. The van der Waals surface area contributed by atoms with Crippen molar-refractivity contribution in [3.05, 3.63) is 29.8 Å². The van der Waals surface area contributed by atoms with Crippen molar-refractivity contribution in [1.29, 1.82) is 0 Å². The van der Waals surface area contributed by atoms with Gasteiger partial charge in [-0.1, -0.05) is 26.0 Å². The summed E-state index contributed by atoms with van der Waals surface area (Å²) in [6.07, 6.45) is 0.767. The van der Waals surface area contributed by atoms with Gasteiger partial charge >= 0.3 is 6.09 Å². The molecule has 138 valence electrons. The van der Waals surface area contributed by atoms with Crippen LogP contribution < -0.4 is 4.74 Å². The van der Waals surface area contributed by atoms with E-state index in [2.05, 4.69) is 6.92 Å². The first-order valence-corrected chi connectivity index (χ1v) is 9.05. The summed E-state index contributed by atoms with van der Waals surface area (Å²) in [4.78, 5) is 27.9. The number of ether oxygens (including phenoxy) is 2. The largest absolute Gasteiger partial charge is 0.481 e. The maximum Gasteiger partial charge on any atom is 0.409 e. The average Bonchev–Trinajstić information content (AvgIpc) is 2.66. The first-order valence-electron chi connectivity index (χ1n) is 9.05. The van der Waals surface area contributed by atoms with Crippen LogP contribution in [0.2, 0.25) is 0 Å². The lowest BCUT2D eigenvalue weighted by Gasteiger charge is -2.35. The smallest absolute Gasteiger partial charge is 0.409 e. The Balaban J connectivity index is 1.90. The van der Waals surface area contributed by atoms with Gasteiger partial charge in [0.2, 0.25) is 0 Å². The van der Waals surface area contributed by atoms with Gasteiger partial charge in [0.25, 0.3) is 5.91 Å². The minimum absolute atomic E-state index is 0.0226. The topological polar surface area (TPSA) is 59.1 Å². The standard InChI is InChI=1S/C19H28N2O4/c1-4-15-7-9-16(10-8-15)25-17(5-2)18(22)20-11-13-21(14-12-20)19(23)24-6-3/h7-10,17H,4-6,11-14H2,1-3H3. The van der Waals surface area contributed by atoms with Crippen molar-refractivity contribution in [3.63, 3.8) is 0 Å². The highest BCUT2D eigenvalue weighted by atomic mass is 16.6. The van der Waals surface area contributed by atoms with Crippen molar-refractivity contribution in [2.24, 2.45) is 0 Å². The van der Waals surface area contributed by atoms with Crippen LogP contribution in [0.1, 0.15) is 32.8 Å². The van der Waals surface area contributed by atoms with Gasteiger partial charge in [-0.3, -0.25) is 4.79 Å². The van der Waals surface area contributed by atoms with Crippen LogP contribution in [-0.4, -0.2) is 60.7 Å². The van der Waals surface area contributed by atoms with E-state index >= 15 is 0 Å². The Morgan fingerprint density at radius 2 is 1.60 bits per heavy atom. The van der Waals surface area contributed by atoms with Crippen molar-refractivity contribution in [2.75, 3.05) is 32.8 Å². The van der Waals surface area contributed by atoms with Crippen LogP contribution in [0, 0.1) is 0 Å². The summed E-state index contributed by atoms with van der Waals surface area (Å²) in [5, 5.41) is 0. The first-order chi connectivity index (χ1) is 12.1. The Hall–Kier alpha value is -2.24. The monoisotopic (exact) mass is 348 g/mol. The maximum atomic E-state index is 12.7. The van der Waals surface area contributed by atoms with E-state index in [1.54, 1.807) is 16.7 Å². The molecule has 1 aliphatic heterocycles. The van der Waals surface area contributed by atoms with Crippen LogP contribution in [0.5, 0.6) is 5.75 Å². The third-order valence-electron chi connectivity index (χ3n) is 4.37. The van der Waals surface area contributed by atoms with E-state index < -0.39 is 6.10 Å². The molecule has 1 fully saturated rings. The number of aryl methyl sites for hydroxylation is 1. The Kier molecular flexibility index (Phi) is 7.10.